The van der Waals surface area contributed by atoms with Gasteiger partial charge in [-0.15, -0.1) is 0 Å². The van der Waals surface area contributed by atoms with Crippen LogP contribution >= 0.6 is 11.6 Å². The topological polar surface area (TPSA) is 42.0 Å². The number of esters is 1. The van der Waals surface area contributed by atoms with Gasteiger partial charge in [0, 0.05) is 18.1 Å². The van der Waals surface area contributed by atoms with Crippen molar-refractivity contribution in [1.82, 2.24) is 9.80 Å². The first-order valence-corrected chi connectivity index (χ1v) is 7.12. The first kappa shape index (κ1) is 17.8. The molecular weight excluding hydrogens is 292 g/mol. The lowest BCUT2D eigenvalue weighted by Crippen LogP contribution is -2.39. The van der Waals surface area contributed by atoms with E-state index in [1.165, 1.54) is 0 Å². The van der Waals surface area contributed by atoms with Crippen LogP contribution in [0.1, 0.15) is 0 Å². The number of rotatable bonds is 8. The zero-order chi connectivity index (χ0) is 15.8. The number of nitrogens with zero attached hydrogens (tertiary/aromatic N) is 2. The van der Waals surface area contributed by atoms with Crippen LogP contribution < -0.4 is 4.74 Å². The maximum Gasteiger partial charge on any atom is 0.344 e. The lowest BCUT2D eigenvalue weighted by Gasteiger charge is -2.24. The fourth-order valence-electron chi connectivity index (χ4n) is 1.84. The summed E-state index contributed by atoms with van der Waals surface area (Å²) >= 11 is 5.78. The van der Waals surface area contributed by atoms with E-state index in [-0.39, 0.29) is 18.7 Å². The van der Waals surface area contributed by atoms with Gasteiger partial charge >= 0.3 is 5.97 Å². The van der Waals surface area contributed by atoms with Crippen molar-refractivity contribution in [3.05, 3.63) is 29.3 Å². The first-order chi connectivity index (χ1) is 9.86. The monoisotopic (exact) mass is 314 g/mol. The predicted octanol–water partition coefficient (Wildman–Crippen LogP) is 1.75. The molecule has 0 aromatic heterocycles. The van der Waals surface area contributed by atoms with Crippen molar-refractivity contribution in [3.8, 4) is 5.75 Å². The molecule has 118 valence electrons. The van der Waals surface area contributed by atoms with Crippen LogP contribution in [0.4, 0.5) is 0 Å². The summed E-state index contributed by atoms with van der Waals surface area (Å²) in [6, 6.07) is 6.85. The van der Waals surface area contributed by atoms with Gasteiger partial charge < -0.3 is 19.3 Å². The van der Waals surface area contributed by atoms with E-state index in [2.05, 4.69) is 0 Å². The summed E-state index contributed by atoms with van der Waals surface area (Å²) in [7, 11) is 7.78. The average molecular weight is 315 g/mol. The van der Waals surface area contributed by atoms with Gasteiger partial charge in [0.25, 0.3) is 0 Å². The minimum absolute atomic E-state index is 0.112. The highest BCUT2D eigenvalue weighted by Crippen LogP contribution is 2.15. The maximum atomic E-state index is 11.8. The fraction of sp³-hybridized carbons (Fsp3) is 0.533. The number of benzene rings is 1. The van der Waals surface area contributed by atoms with E-state index < -0.39 is 0 Å². The second kappa shape index (κ2) is 8.87. The highest BCUT2D eigenvalue weighted by atomic mass is 35.5. The lowest BCUT2D eigenvalue weighted by atomic mass is 10.3. The van der Waals surface area contributed by atoms with Crippen molar-refractivity contribution >= 4 is 17.6 Å². The van der Waals surface area contributed by atoms with Gasteiger partial charge in [0.05, 0.1) is 0 Å². The number of carbonyl (C=O) groups is 1. The molecular formula is C15H23ClN2O3. The number of halogens is 1. The van der Waals surface area contributed by atoms with Crippen LogP contribution in [0, 0.1) is 0 Å². The van der Waals surface area contributed by atoms with E-state index in [0.29, 0.717) is 23.9 Å². The quantitative estimate of drug-likeness (QED) is 0.684. The van der Waals surface area contributed by atoms with Gasteiger partial charge in [0.15, 0.2) is 6.61 Å². The van der Waals surface area contributed by atoms with E-state index in [0.717, 1.165) is 0 Å². The summed E-state index contributed by atoms with van der Waals surface area (Å²) in [6.07, 6.45) is -0.184. The molecule has 1 rings (SSSR count). The van der Waals surface area contributed by atoms with Crippen LogP contribution in [0.15, 0.2) is 24.3 Å². The summed E-state index contributed by atoms with van der Waals surface area (Å²) < 4.78 is 10.8. The summed E-state index contributed by atoms with van der Waals surface area (Å²) in [6.45, 7) is 1.23. The minimum atomic E-state index is -0.376. The molecule has 6 heteroatoms. The van der Waals surface area contributed by atoms with E-state index in [4.69, 9.17) is 21.1 Å². The van der Waals surface area contributed by atoms with Gasteiger partial charge in [-0.2, -0.15) is 0 Å². The second-order valence-electron chi connectivity index (χ2n) is 5.38. The Hall–Kier alpha value is -1.30. The molecule has 0 aliphatic heterocycles. The Morgan fingerprint density at radius 3 is 2.10 bits per heavy atom. The van der Waals surface area contributed by atoms with E-state index in [1.807, 2.05) is 38.0 Å². The maximum absolute atomic E-state index is 11.8. The summed E-state index contributed by atoms with van der Waals surface area (Å²) in [5.74, 6) is 0.215. The van der Waals surface area contributed by atoms with Crippen molar-refractivity contribution in [1.29, 1.82) is 0 Å². The molecule has 5 nitrogen and oxygen atoms in total. The third-order valence-electron chi connectivity index (χ3n) is 2.61. The molecule has 0 atom stereocenters. The molecule has 0 aliphatic rings. The molecule has 0 aliphatic carbocycles. The number of likely N-dealkylation sites (N-methyl/N-ethyl adjacent to an activating group) is 2. The molecule has 21 heavy (non-hydrogen) atoms. The van der Waals surface area contributed by atoms with Crippen LogP contribution in [-0.4, -0.2) is 69.8 Å². The highest BCUT2D eigenvalue weighted by Gasteiger charge is 2.16. The van der Waals surface area contributed by atoms with Crippen molar-refractivity contribution < 1.29 is 14.3 Å². The van der Waals surface area contributed by atoms with E-state index >= 15 is 0 Å². The van der Waals surface area contributed by atoms with Crippen LogP contribution in [0.5, 0.6) is 5.75 Å². The normalized spacial score (nSPS) is 11.2. The molecule has 1 aromatic carbocycles. The van der Waals surface area contributed by atoms with E-state index in [1.54, 1.807) is 24.3 Å². The standard InChI is InChI=1S/C15H23ClN2O3/c1-17(2)9-14(10-18(3)4)21-15(19)11-20-13-7-5-12(16)6-8-13/h5-8,14H,9-11H2,1-4H3. The third-order valence-corrected chi connectivity index (χ3v) is 2.86. The molecule has 0 saturated heterocycles. The van der Waals surface area contributed by atoms with Gasteiger partial charge in [0.2, 0.25) is 0 Å². The van der Waals surface area contributed by atoms with Crippen molar-refractivity contribution in [2.75, 3.05) is 47.9 Å². The number of hydrogen-bond donors (Lipinski definition) is 0. The van der Waals surface area contributed by atoms with Gasteiger partial charge in [-0.25, -0.2) is 4.79 Å². The molecule has 1 aromatic rings. The molecule has 0 radical (unpaired) electrons. The number of hydrogen-bond acceptors (Lipinski definition) is 5. The molecule has 0 unspecified atom stereocenters. The summed E-state index contributed by atoms with van der Waals surface area (Å²) in [4.78, 5) is 15.8. The molecule has 0 heterocycles. The van der Waals surface area contributed by atoms with Crippen molar-refractivity contribution in [2.24, 2.45) is 0 Å². The van der Waals surface area contributed by atoms with Crippen molar-refractivity contribution in [2.45, 2.75) is 6.10 Å². The first-order valence-electron chi connectivity index (χ1n) is 6.74. The molecule has 0 spiro atoms. The molecule has 0 amide bonds. The predicted molar refractivity (Wildman–Crippen MR) is 83.9 cm³/mol. The smallest absolute Gasteiger partial charge is 0.344 e. The Bertz CT molecular complexity index is 425. The number of carbonyl (C=O) groups excluding carboxylic acids is 1. The zero-order valence-corrected chi connectivity index (χ0v) is 13.8. The van der Waals surface area contributed by atoms with Gasteiger partial charge in [-0.05, 0) is 52.5 Å². The Morgan fingerprint density at radius 2 is 1.62 bits per heavy atom. The van der Waals surface area contributed by atoms with Gasteiger partial charge in [-0.1, -0.05) is 11.6 Å². The van der Waals surface area contributed by atoms with E-state index in [9.17, 15) is 4.79 Å². The molecule has 0 N–H and O–H groups in total. The SMILES string of the molecule is CN(C)CC(CN(C)C)OC(=O)COc1ccc(Cl)cc1. The van der Waals surface area contributed by atoms with Gasteiger partial charge in [-0.3, -0.25) is 0 Å². The van der Waals surface area contributed by atoms with Crippen LogP contribution in [0.25, 0.3) is 0 Å². The Morgan fingerprint density at radius 1 is 1.10 bits per heavy atom. The fourth-order valence-corrected chi connectivity index (χ4v) is 1.97. The summed E-state index contributed by atoms with van der Waals surface area (Å²) in [5.41, 5.74) is 0. The minimum Gasteiger partial charge on any atom is -0.482 e. The average Bonchev–Trinajstić information content (AvgIpc) is 2.36. The van der Waals surface area contributed by atoms with Gasteiger partial charge in [0.1, 0.15) is 11.9 Å². The molecule has 0 saturated carbocycles. The zero-order valence-electron chi connectivity index (χ0n) is 13.0. The molecule has 0 bridgehead atoms. The van der Waals surface area contributed by atoms with Crippen LogP contribution in [0.3, 0.4) is 0 Å². The third kappa shape index (κ3) is 7.90. The second-order valence-corrected chi connectivity index (χ2v) is 5.82. The summed E-state index contributed by atoms with van der Waals surface area (Å²) in [5, 5.41) is 0.627. The van der Waals surface area contributed by atoms with Crippen molar-refractivity contribution in [3.63, 3.8) is 0 Å². The number of ether oxygens (including phenoxy) is 2. The highest BCUT2D eigenvalue weighted by molar-refractivity contribution is 6.30. The Kier molecular flexibility index (Phi) is 7.50. The van der Waals surface area contributed by atoms with Crippen LogP contribution in [0.2, 0.25) is 5.02 Å². The van der Waals surface area contributed by atoms with Crippen LogP contribution in [-0.2, 0) is 9.53 Å². The molecule has 0 fully saturated rings. The Labute approximate surface area is 131 Å². The largest absolute Gasteiger partial charge is 0.482 e. The lowest BCUT2D eigenvalue weighted by molar-refractivity contribution is -0.152. The Balaban J connectivity index is 2.43.